The van der Waals surface area contributed by atoms with Crippen LogP contribution in [0.3, 0.4) is 0 Å². The van der Waals surface area contributed by atoms with E-state index in [0.29, 0.717) is 10.0 Å². The molecule has 13 heavy (non-hydrogen) atoms. The highest BCUT2D eigenvalue weighted by molar-refractivity contribution is 9.09. The van der Waals surface area contributed by atoms with Crippen LogP contribution in [-0.4, -0.2) is 19.0 Å². The molecule has 1 aromatic carbocycles. The first-order valence-corrected chi connectivity index (χ1v) is 5.45. The average molecular weight is 283 g/mol. The lowest BCUT2D eigenvalue weighted by molar-refractivity contribution is 0.398. The molecule has 0 saturated heterocycles. The van der Waals surface area contributed by atoms with Crippen LogP contribution in [-0.2, 0) is 0 Å². The second-order valence-electron chi connectivity index (χ2n) is 2.97. The van der Waals surface area contributed by atoms with E-state index in [9.17, 15) is 0 Å². The van der Waals surface area contributed by atoms with Crippen LogP contribution in [0.1, 0.15) is 10.5 Å². The van der Waals surface area contributed by atoms with Gasteiger partial charge in [-0.25, -0.2) is 0 Å². The van der Waals surface area contributed by atoms with Gasteiger partial charge in [0, 0.05) is 10.0 Å². The molecule has 1 atom stereocenters. The smallest absolute Gasteiger partial charge is 0.0921 e. The fraction of sp³-hybridized carbons (Fsp3) is 0.333. The summed E-state index contributed by atoms with van der Waals surface area (Å²) in [6.07, 6.45) is 0. The summed E-state index contributed by atoms with van der Waals surface area (Å²) in [7, 11) is 3.95. The fourth-order valence-electron chi connectivity index (χ4n) is 0.973. The molecule has 1 nitrogen and oxygen atoms in total. The van der Waals surface area contributed by atoms with Crippen molar-refractivity contribution in [3.05, 3.63) is 33.8 Å². The minimum absolute atomic E-state index is 0.122. The van der Waals surface area contributed by atoms with Crippen molar-refractivity contribution in [1.82, 2.24) is 4.90 Å². The maximum absolute atomic E-state index is 6.03. The summed E-state index contributed by atoms with van der Waals surface area (Å²) in [4.78, 5) is 2.15. The highest BCUT2D eigenvalue weighted by atomic mass is 79.9. The van der Waals surface area contributed by atoms with Gasteiger partial charge in [0.05, 0.1) is 4.95 Å². The molecule has 0 fully saturated rings. The third-order valence-electron chi connectivity index (χ3n) is 1.67. The van der Waals surface area contributed by atoms with Crippen molar-refractivity contribution in [2.24, 2.45) is 0 Å². The highest BCUT2D eigenvalue weighted by Gasteiger charge is 2.12. The van der Waals surface area contributed by atoms with Crippen LogP contribution in [0.5, 0.6) is 0 Å². The molecule has 0 bridgehead atoms. The number of rotatable bonds is 2. The molecule has 1 unspecified atom stereocenters. The van der Waals surface area contributed by atoms with E-state index in [1.165, 1.54) is 0 Å². The third-order valence-corrected chi connectivity index (χ3v) is 3.55. The maximum Gasteiger partial charge on any atom is 0.0921 e. The van der Waals surface area contributed by atoms with Crippen molar-refractivity contribution in [2.45, 2.75) is 4.95 Å². The normalized spacial score (nSPS) is 13.4. The lowest BCUT2D eigenvalue weighted by Gasteiger charge is -2.19. The SMILES string of the molecule is CN(C)C(Br)c1ccc(Cl)cc1Cl. The summed E-state index contributed by atoms with van der Waals surface area (Å²) in [6, 6.07) is 5.50. The Kier molecular flexibility index (Phi) is 4.05. The van der Waals surface area contributed by atoms with Crippen molar-refractivity contribution in [3.63, 3.8) is 0 Å². The van der Waals surface area contributed by atoms with Crippen LogP contribution in [0.15, 0.2) is 18.2 Å². The number of hydrogen-bond acceptors (Lipinski definition) is 1. The Morgan fingerprint density at radius 3 is 2.38 bits per heavy atom. The van der Waals surface area contributed by atoms with Crippen LogP contribution in [0.25, 0.3) is 0 Å². The predicted molar refractivity (Wildman–Crippen MR) is 61.8 cm³/mol. The second kappa shape index (κ2) is 4.65. The van der Waals surface area contributed by atoms with Gasteiger partial charge in [0.2, 0.25) is 0 Å². The summed E-state index contributed by atoms with van der Waals surface area (Å²) >= 11 is 15.3. The number of nitrogens with zero attached hydrogens (tertiary/aromatic N) is 1. The van der Waals surface area contributed by atoms with E-state index >= 15 is 0 Å². The molecule has 72 valence electrons. The van der Waals surface area contributed by atoms with Crippen molar-refractivity contribution >= 4 is 39.1 Å². The Morgan fingerprint density at radius 1 is 1.31 bits per heavy atom. The van der Waals surface area contributed by atoms with Gasteiger partial charge in [-0.3, -0.25) is 4.90 Å². The van der Waals surface area contributed by atoms with Crippen LogP contribution in [0.4, 0.5) is 0 Å². The minimum atomic E-state index is 0.122. The molecule has 0 aromatic heterocycles. The number of hydrogen-bond donors (Lipinski definition) is 0. The van der Waals surface area contributed by atoms with Crippen molar-refractivity contribution < 1.29 is 0 Å². The molecule has 0 saturated carbocycles. The Labute approximate surface area is 96.8 Å². The van der Waals surface area contributed by atoms with E-state index < -0.39 is 0 Å². The minimum Gasteiger partial charge on any atom is -0.293 e. The van der Waals surface area contributed by atoms with E-state index in [1.54, 1.807) is 6.07 Å². The van der Waals surface area contributed by atoms with Crippen LogP contribution in [0.2, 0.25) is 10.0 Å². The third kappa shape index (κ3) is 2.84. The molecule has 0 heterocycles. The largest absolute Gasteiger partial charge is 0.293 e. The van der Waals surface area contributed by atoms with E-state index in [-0.39, 0.29) is 4.95 Å². The van der Waals surface area contributed by atoms with E-state index in [2.05, 4.69) is 15.9 Å². The van der Waals surface area contributed by atoms with Gasteiger partial charge in [-0.2, -0.15) is 0 Å². The van der Waals surface area contributed by atoms with Gasteiger partial charge >= 0.3 is 0 Å². The lowest BCUT2D eigenvalue weighted by Crippen LogP contribution is -2.14. The molecule has 0 aliphatic carbocycles. The monoisotopic (exact) mass is 281 g/mol. The molecule has 0 amide bonds. The van der Waals surface area contributed by atoms with E-state index in [1.807, 2.05) is 31.1 Å². The average Bonchev–Trinajstić information content (AvgIpc) is 2.03. The molecule has 0 radical (unpaired) electrons. The summed E-state index contributed by atoms with van der Waals surface area (Å²) in [6.45, 7) is 0. The Bertz CT molecular complexity index is 302. The van der Waals surface area contributed by atoms with Crippen molar-refractivity contribution in [3.8, 4) is 0 Å². The molecule has 0 N–H and O–H groups in total. The highest BCUT2D eigenvalue weighted by Crippen LogP contribution is 2.32. The van der Waals surface area contributed by atoms with Crippen LogP contribution < -0.4 is 0 Å². The first kappa shape index (κ1) is 11.3. The Balaban J connectivity index is 3.01. The van der Waals surface area contributed by atoms with Crippen LogP contribution in [0, 0.1) is 0 Å². The van der Waals surface area contributed by atoms with Gasteiger partial charge in [-0.1, -0.05) is 45.2 Å². The van der Waals surface area contributed by atoms with Gasteiger partial charge in [0.15, 0.2) is 0 Å². The van der Waals surface area contributed by atoms with Gasteiger partial charge in [0.1, 0.15) is 0 Å². The number of halogens is 3. The number of alkyl halides is 1. The molecule has 1 aromatic rings. The zero-order chi connectivity index (χ0) is 10.0. The predicted octanol–water partition coefficient (Wildman–Crippen LogP) is 3.95. The van der Waals surface area contributed by atoms with E-state index in [4.69, 9.17) is 23.2 Å². The van der Waals surface area contributed by atoms with Crippen molar-refractivity contribution in [2.75, 3.05) is 14.1 Å². The molecular weight excluding hydrogens is 273 g/mol. The first-order valence-electron chi connectivity index (χ1n) is 3.78. The quantitative estimate of drug-likeness (QED) is 0.586. The molecule has 0 spiro atoms. The van der Waals surface area contributed by atoms with Gasteiger partial charge in [-0.05, 0) is 31.8 Å². The Hall–Kier alpha value is 0.240. The van der Waals surface area contributed by atoms with Gasteiger partial charge in [-0.15, -0.1) is 0 Å². The topological polar surface area (TPSA) is 3.24 Å². The fourth-order valence-corrected chi connectivity index (χ4v) is 2.02. The molecule has 0 aliphatic heterocycles. The maximum atomic E-state index is 6.03. The molecule has 4 heteroatoms. The summed E-state index contributed by atoms with van der Waals surface area (Å²) in [5.41, 5.74) is 1.02. The van der Waals surface area contributed by atoms with E-state index in [0.717, 1.165) is 5.56 Å². The van der Waals surface area contributed by atoms with Gasteiger partial charge in [0.25, 0.3) is 0 Å². The zero-order valence-electron chi connectivity index (χ0n) is 7.39. The van der Waals surface area contributed by atoms with Gasteiger partial charge < -0.3 is 0 Å². The standard InChI is InChI=1S/C9H10BrCl2N/c1-13(2)9(10)7-4-3-6(11)5-8(7)12/h3-5,9H,1-2H3. The molecule has 1 rings (SSSR count). The summed E-state index contributed by atoms with van der Waals surface area (Å²) in [5.74, 6) is 0. The number of benzene rings is 1. The zero-order valence-corrected chi connectivity index (χ0v) is 10.5. The summed E-state index contributed by atoms with van der Waals surface area (Å²) in [5, 5.41) is 1.34. The first-order chi connectivity index (χ1) is 6.02. The Morgan fingerprint density at radius 2 is 1.92 bits per heavy atom. The molecular formula is C9H10BrCl2N. The van der Waals surface area contributed by atoms with Crippen LogP contribution >= 0.6 is 39.1 Å². The van der Waals surface area contributed by atoms with Crippen molar-refractivity contribution in [1.29, 1.82) is 0 Å². The lowest BCUT2D eigenvalue weighted by atomic mass is 10.2. The molecule has 0 aliphatic rings. The summed E-state index contributed by atoms with van der Waals surface area (Å²) < 4.78 is 0. The second-order valence-corrected chi connectivity index (χ2v) is 4.68.